The van der Waals surface area contributed by atoms with E-state index in [0.717, 1.165) is 12.1 Å². The smallest absolute Gasteiger partial charge is 0.262 e. The van der Waals surface area contributed by atoms with Crippen LogP contribution >= 0.6 is 0 Å². The summed E-state index contributed by atoms with van der Waals surface area (Å²) in [5.41, 5.74) is 0.393. The second-order valence-electron chi connectivity index (χ2n) is 4.16. The van der Waals surface area contributed by atoms with Crippen LogP contribution in [0.1, 0.15) is 5.56 Å². The molecule has 0 saturated carbocycles. The van der Waals surface area contributed by atoms with Crippen LogP contribution in [0.2, 0.25) is 0 Å². The molecule has 0 fully saturated rings. The third-order valence-corrected chi connectivity index (χ3v) is 3.93. The molecule has 0 radical (unpaired) electrons. The molecule has 3 nitrogen and oxygen atoms in total. The summed E-state index contributed by atoms with van der Waals surface area (Å²) in [5.74, 6) is -3.22. The van der Waals surface area contributed by atoms with Crippen LogP contribution in [0.5, 0.6) is 0 Å². The summed E-state index contributed by atoms with van der Waals surface area (Å²) in [5, 5.41) is 0. The number of aryl methyl sites for hydroxylation is 1. The second kappa shape index (κ2) is 5.16. The number of hydrogen-bond donors (Lipinski definition) is 1. The van der Waals surface area contributed by atoms with E-state index >= 15 is 0 Å². The number of halogens is 3. The molecule has 0 aliphatic rings. The Balaban J connectivity index is 2.40. The molecule has 20 heavy (non-hydrogen) atoms. The number of hydrogen-bond acceptors (Lipinski definition) is 2. The van der Waals surface area contributed by atoms with Crippen molar-refractivity contribution in [3.8, 4) is 0 Å². The Morgan fingerprint density at radius 1 is 0.900 bits per heavy atom. The molecule has 106 valence electrons. The zero-order valence-corrected chi connectivity index (χ0v) is 11.1. The fraction of sp³-hybridized carbons (Fsp3) is 0.0769. The van der Waals surface area contributed by atoms with Crippen LogP contribution in [0.15, 0.2) is 41.3 Å². The molecule has 1 N–H and O–H groups in total. The van der Waals surface area contributed by atoms with E-state index < -0.39 is 32.4 Å². The molecular formula is C13H10F3NO2S. The quantitative estimate of drug-likeness (QED) is 0.946. The van der Waals surface area contributed by atoms with E-state index in [4.69, 9.17) is 0 Å². The van der Waals surface area contributed by atoms with E-state index in [2.05, 4.69) is 0 Å². The first-order chi connectivity index (χ1) is 9.29. The van der Waals surface area contributed by atoms with Gasteiger partial charge >= 0.3 is 0 Å². The molecule has 0 heterocycles. The first kappa shape index (κ1) is 14.4. The van der Waals surface area contributed by atoms with Crippen LogP contribution < -0.4 is 4.72 Å². The Kier molecular flexibility index (Phi) is 3.71. The molecule has 0 atom stereocenters. The lowest BCUT2D eigenvalue weighted by Gasteiger charge is -2.10. The predicted molar refractivity (Wildman–Crippen MR) is 68.3 cm³/mol. The van der Waals surface area contributed by atoms with Crippen molar-refractivity contribution in [3.05, 3.63) is 59.4 Å². The molecule has 2 aromatic rings. The van der Waals surface area contributed by atoms with Crippen molar-refractivity contribution in [1.82, 2.24) is 0 Å². The third-order valence-electron chi connectivity index (χ3n) is 2.57. The summed E-state index contributed by atoms with van der Waals surface area (Å²) >= 11 is 0. The molecule has 2 rings (SSSR count). The maximum Gasteiger partial charge on any atom is 0.262 e. The number of rotatable bonds is 3. The Labute approximate surface area is 114 Å². The number of sulfonamides is 1. The van der Waals surface area contributed by atoms with Crippen LogP contribution in [0.3, 0.4) is 0 Å². The lowest BCUT2D eigenvalue weighted by molar-refractivity contribution is 0.504. The van der Waals surface area contributed by atoms with Crippen molar-refractivity contribution >= 4 is 15.7 Å². The minimum absolute atomic E-state index is 0.255. The van der Waals surface area contributed by atoms with Gasteiger partial charge in [0.2, 0.25) is 0 Å². The summed E-state index contributed by atoms with van der Waals surface area (Å²) in [6.45, 7) is 1.66. The van der Waals surface area contributed by atoms with Crippen LogP contribution in [0.4, 0.5) is 18.9 Å². The largest absolute Gasteiger partial charge is 0.277 e. The van der Waals surface area contributed by atoms with Crippen LogP contribution in [-0.2, 0) is 10.0 Å². The van der Waals surface area contributed by atoms with Gasteiger partial charge in [-0.1, -0.05) is 6.07 Å². The van der Waals surface area contributed by atoms with E-state index in [9.17, 15) is 21.6 Å². The lowest BCUT2D eigenvalue weighted by Crippen LogP contribution is -2.14. The predicted octanol–water partition coefficient (Wildman–Crippen LogP) is 3.21. The van der Waals surface area contributed by atoms with Crippen molar-refractivity contribution in [3.63, 3.8) is 0 Å². The highest BCUT2D eigenvalue weighted by Crippen LogP contribution is 2.21. The van der Waals surface area contributed by atoms with Gasteiger partial charge in [-0.15, -0.1) is 0 Å². The topological polar surface area (TPSA) is 46.2 Å². The van der Waals surface area contributed by atoms with Gasteiger partial charge in [-0.3, -0.25) is 4.72 Å². The van der Waals surface area contributed by atoms with Gasteiger partial charge in [0.25, 0.3) is 10.0 Å². The van der Waals surface area contributed by atoms with E-state index in [-0.39, 0.29) is 5.69 Å². The van der Waals surface area contributed by atoms with Crippen molar-refractivity contribution < 1.29 is 21.6 Å². The highest BCUT2D eigenvalue weighted by molar-refractivity contribution is 7.92. The first-order valence-corrected chi connectivity index (χ1v) is 7.02. The Hall–Kier alpha value is -2.02. The molecule has 0 spiro atoms. The number of anilines is 1. The van der Waals surface area contributed by atoms with Crippen LogP contribution in [0, 0.1) is 24.4 Å². The van der Waals surface area contributed by atoms with Gasteiger partial charge in [0.05, 0.1) is 10.6 Å². The second-order valence-corrected chi connectivity index (χ2v) is 5.85. The number of nitrogens with one attached hydrogen (secondary N) is 1. The molecule has 2 aromatic carbocycles. The minimum Gasteiger partial charge on any atom is -0.277 e. The van der Waals surface area contributed by atoms with E-state index in [0.29, 0.717) is 17.7 Å². The van der Waals surface area contributed by atoms with Gasteiger partial charge in [0.1, 0.15) is 5.82 Å². The molecule has 7 heteroatoms. The molecule has 0 aliphatic heterocycles. The van der Waals surface area contributed by atoms with Crippen molar-refractivity contribution in [2.75, 3.05) is 4.72 Å². The average molecular weight is 301 g/mol. The highest BCUT2D eigenvalue weighted by Gasteiger charge is 2.18. The van der Waals surface area contributed by atoms with Gasteiger partial charge in [-0.25, -0.2) is 21.6 Å². The van der Waals surface area contributed by atoms with Crippen molar-refractivity contribution in [2.24, 2.45) is 0 Å². The van der Waals surface area contributed by atoms with Crippen LogP contribution in [-0.4, -0.2) is 8.42 Å². The summed E-state index contributed by atoms with van der Waals surface area (Å²) in [4.78, 5) is -0.489. The van der Waals surface area contributed by atoms with E-state index in [1.165, 1.54) is 12.1 Å². The lowest BCUT2D eigenvalue weighted by atomic mass is 10.2. The SMILES string of the molecule is Cc1ccc(F)c(NS(=O)(=O)c2ccc(F)c(F)c2)c1. The summed E-state index contributed by atoms with van der Waals surface area (Å²) in [6.07, 6.45) is 0. The van der Waals surface area contributed by atoms with Gasteiger partial charge in [-0.05, 0) is 42.8 Å². The molecule has 0 bridgehead atoms. The standard InChI is InChI=1S/C13H10F3NO2S/c1-8-2-4-11(15)13(6-8)17-20(18,19)9-3-5-10(14)12(16)7-9/h2-7,17H,1H3. The summed E-state index contributed by atoms with van der Waals surface area (Å²) < 4.78 is 65.3. The Morgan fingerprint density at radius 2 is 1.55 bits per heavy atom. The van der Waals surface area contributed by atoms with Gasteiger partial charge in [0.15, 0.2) is 11.6 Å². The maximum atomic E-state index is 13.5. The maximum absolute atomic E-state index is 13.5. The number of benzene rings is 2. The summed E-state index contributed by atoms with van der Waals surface area (Å²) in [7, 11) is -4.19. The molecular weight excluding hydrogens is 291 g/mol. The zero-order valence-electron chi connectivity index (χ0n) is 10.3. The first-order valence-electron chi connectivity index (χ1n) is 5.53. The van der Waals surface area contributed by atoms with E-state index in [1.54, 1.807) is 6.92 Å². The molecule has 0 unspecified atom stereocenters. The fourth-order valence-electron chi connectivity index (χ4n) is 1.57. The van der Waals surface area contributed by atoms with E-state index in [1.807, 2.05) is 4.72 Å². The summed E-state index contributed by atoms with van der Waals surface area (Å²) in [6, 6.07) is 6.01. The highest BCUT2D eigenvalue weighted by atomic mass is 32.2. The third kappa shape index (κ3) is 2.93. The molecule has 0 aliphatic carbocycles. The minimum atomic E-state index is -4.19. The van der Waals surface area contributed by atoms with Crippen molar-refractivity contribution in [1.29, 1.82) is 0 Å². The average Bonchev–Trinajstić information content (AvgIpc) is 2.36. The zero-order chi connectivity index (χ0) is 14.9. The van der Waals surface area contributed by atoms with Crippen LogP contribution in [0.25, 0.3) is 0 Å². The Bertz CT molecular complexity index is 760. The van der Waals surface area contributed by atoms with Gasteiger partial charge < -0.3 is 0 Å². The van der Waals surface area contributed by atoms with Gasteiger partial charge in [-0.2, -0.15) is 0 Å². The Morgan fingerprint density at radius 3 is 2.20 bits per heavy atom. The van der Waals surface area contributed by atoms with Gasteiger partial charge in [0, 0.05) is 0 Å². The normalized spacial score (nSPS) is 11.4. The molecule has 0 amide bonds. The fourth-order valence-corrected chi connectivity index (χ4v) is 2.63. The van der Waals surface area contributed by atoms with Crippen molar-refractivity contribution in [2.45, 2.75) is 11.8 Å². The molecule has 0 aromatic heterocycles. The molecule has 0 saturated heterocycles. The monoisotopic (exact) mass is 301 g/mol.